The minimum absolute atomic E-state index is 0.223. The minimum atomic E-state index is -0.619. The van der Waals surface area contributed by atoms with Gasteiger partial charge in [0.25, 0.3) is 0 Å². The predicted molar refractivity (Wildman–Crippen MR) is 83.0 cm³/mol. The SMILES string of the molecule is C[C@H](SC[C@H](O)c1ccccc1)C(=O)NC(=O)NC1CC1. The van der Waals surface area contributed by atoms with E-state index < -0.39 is 17.4 Å². The largest absolute Gasteiger partial charge is 0.388 e. The van der Waals surface area contributed by atoms with Crippen molar-refractivity contribution < 1.29 is 14.7 Å². The molecule has 0 saturated heterocycles. The van der Waals surface area contributed by atoms with Crippen molar-refractivity contribution in [2.45, 2.75) is 37.2 Å². The summed E-state index contributed by atoms with van der Waals surface area (Å²) in [5.41, 5.74) is 0.823. The first-order valence-corrected chi connectivity index (χ1v) is 8.07. The average molecular weight is 308 g/mol. The highest BCUT2D eigenvalue weighted by Crippen LogP contribution is 2.21. The van der Waals surface area contributed by atoms with Gasteiger partial charge in [-0.1, -0.05) is 30.3 Å². The van der Waals surface area contributed by atoms with Crippen LogP contribution in [-0.2, 0) is 4.79 Å². The number of aliphatic hydroxyl groups excluding tert-OH is 1. The fraction of sp³-hybridized carbons (Fsp3) is 0.467. The summed E-state index contributed by atoms with van der Waals surface area (Å²) in [7, 11) is 0. The van der Waals surface area contributed by atoms with Crippen molar-refractivity contribution in [3.05, 3.63) is 35.9 Å². The minimum Gasteiger partial charge on any atom is -0.388 e. The first kappa shape index (κ1) is 15.9. The van der Waals surface area contributed by atoms with Gasteiger partial charge in [-0.05, 0) is 25.3 Å². The Hall–Kier alpha value is -1.53. The second kappa shape index (κ2) is 7.47. The van der Waals surface area contributed by atoms with E-state index in [4.69, 9.17) is 0 Å². The summed E-state index contributed by atoms with van der Waals surface area (Å²) in [6.07, 6.45) is 1.34. The fourth-order valence-corrected chi connectivity index (χ4v) is 2.62. The molecule has 3 amide bonds. The van der Waals surface area contributed by atoms with Crippen molar-refractivity contribution in [2.24, 2.45) is 0 Å². The van der Waals surface area contributed by atoms with Crippen LogP contribution in [0, 0.1) is 0 Å². The number of hydrogen-bond donors (Lipinski definition) is 3. The molecule has 1 aliphatic carbocycles. The summed E-state index contributed by atoms with van der Waals surface area (Å²) in [6, 6.07) is 9.10. The summed E-state index contributed by atoms with van der Waals surface area (Å²) < 4.78 is 0. The number of hydrogen-bond acceptors (Lipinski definition) is 4. The van der Waals surface area contributed by atoms with Crippen LogP contribution < -0.4 is 10.6 Å². The summed E-state index contributed by atoms with van der Waals surface area (Å²) >= 11 is 1.32. The van der Waals surface area contributed by atoms with E-state index in [1.54, 1.807) is 6.92 Å². The van der Waals surface area contributed by atoms with Crippen LogP contribution in [0.15, 0.2) is 30.3 Å². The quantitative estimate of drug-likeness (QED) is 0.749. The van der Waals surface area contributed by atoms with Crippen LogP contribution in [0.25, 0.3) is 0 Å². The third kappa shape index (κ3) is 5.40. The number of thioether (sulfide) groups is 1. The number of benzene rings is 1. The smallest absolute Gasteiger partial charge is 0.321 e. The number of rotatable bonds is 6. The molecule has 114 valence electrons. The van der Waals surface area contributed by atoms with E-state index in [9.17, 15) is 14.7 Å². The second-order valence-corrected chi connectivity index (χ2v) is 6.51. The third-order valence-electron chi connectivity index (χ3n) is 3.21. The average Bonchev–Trinajstić information content (AvgIpc) is 3.28. The number of urea groups is 1. The van der Waals surface area contributed by atoms with E-state index in [0.717, 1.165) is 18.4 Å². The monoisotopic (exact) mass is 308 g/mol. The van der Waals surface area contributed by atoms with Gasteiger partial charge in [0.1, 0.15) is 0 Å². The highest BCUT2D eigenvalue weighted by Gasteiger charge is 2.25. The molecule has 21 heavy (non-hydrogen) atoms. The van der Waals surface area contributed by atoms with Gasteiger partial charge in [-0.25, -0.2) is 4.79 Å². The van der Waals surface area contributed by atoms with Crippen molar-refractivity contribution in [3.63, 3.8) is 0 Å². The van der Waals surface area contributed by atoms with Crippen molar-refractivity contribution in [1.29, 1.82) is 0 Å². The van der Waals surface area contributed by atoms with Crippen LogP contribution in [0.4, 0.5) is 4.79 Å². The maximum atomic E-state index is 11.8. The Morgan fingerprint density at radius 3 is 2.62 bits per heavy atom. The van der Waals surface area contributed by atoms with E-state index in [1.165, 1.54) is 11.8 Å². The first-order chi connectivity index (χ1) is 10.1. The fourth-order valence-electron chi connectivity index (χ4n) is 1.75. The highest BCUT2D eigenvalue weighted by molar-refractivity contribution is 8.00. The zero-order valence-corrected chi connectivity index (χ0v) is 12.7. The van der Waals surface area contributed by atoms with Gasteiger partial charge in [-0.15, -0.1) is 11.8 Å². The zero-order valence-electron chi connectivity index (χ0n) is 11.9. The summed E-state index contributed by atoms with van der Waals surface area (Å²) in [6.45, 7) is 1.72. The number of amides is 3. The Morgan fingerprint density at radius 2 is 2.00 bits per heavy atom. The Balaban J connectivity index is 1.71. The third-order valence-corrected chi connectivity index (χ3v) is 4.43. The first-order valence-electron chi connectivity index (χ1n) is 7.02. The predicted octanol–water partition coefficient (Wildman–Crippen LogP) is 1.83. The summed E-state index contributed by atoms with van der Waals surface area (Å²) in [4.78, 5) is 23.3. The Kier molecular flexibility index (Phi) is 5.64. The molecular weight excluding hydrogens is 288 g/mol. The molecule has 1 fully saturated rings. The molecule has 1 aromatic rings. The lowest BCUT2D eigenvalue weighted by molar-refractivity contribution is -0.119. The number of carbonyl (C=O) groups excluding carboxylic acids is 2. The molecule has 0 spiro atoms. The lowest BCUT2D eigenvalue weighted by atomic mass is 10.1. The molecule has 1 aromatic carbocycles. The molecule has 3 N–H and O–H groups in total. The van der Waals surface area contributed by atoms with E-state index in [2.05, 4.69) is 10.6 Å². The summed E-state index contributed by atoms with van der Waals surface area (Å²) in [5, 5.41) is 14.7. The van der Waals surface area contributed by atoms with Crippen molar-refractivity contribution >= 4 is 23.7 Å². The zero-order chi connectivity index (χ0) is 15.2. The molecule has 0 bridgehead atoms. The van der Waals surface area contributed by atoms with Crippen LogP contribution >= 0.6 is 11.8 Å². The van der Waals surface area contributed by atoms with Gasteiger partial charge in [-0.3, -0.25) is 10.1 Å². The molecule has 0 heterocycles. The molecule has 6 heteroatoms. The standard InChI is InChI=1S/C15H20N2O3S/c1-10(14(19)17-15(20)16-12-7-8-12)21-9-13(18)11-5-3-2-4-6-11/h2-6,10,12-13,18H,7-9H2,1H3,(H2,16,17,19,20)/t10-,13-/m0/s1. The molecular formula is C15H20N2O3S. The van der Waals surface area contributed by atoms with Crippen molar-refractivity contribution in [1.82, 2.24) is 10.6 Å². The van der Waals surface area contributed by atoms with Gasteiger partial charge in [0, 0.05) is 11.8 Å². The van der Waals surface area contributed by atoms with Gasteiger partial charge in [0.2, 0.25) is 5.91 Å². The number of carbonyl (C=O) groups is 2. The van der Waals surface area contributed by atoms with Crippen LogP contribution in [0.5, 0.6) is 0 Å². The Labute approximate surface area is 128 Å². The molecule has 1 aliphatic rings. The number of aliphatic hydroxyl groups is 1. The molecule has 0 aliphatic heterocycles. The van der Waals surface area contributed by atoms with E-state index in [-0.39, 0.29) is 11.9 Å². The van der Waals surface area contributed by atoms with Gasteiger partial charge in [0.15, 0.2) is 0 Å². The van der Waals surface area contributed by atoms with Crippen LogP contribution in [0.1, 0.15) is 31.4 Å². The van der Waals surface area contributed by atoms with Crippen LogP contribution in [-0.4, -0.2) is 34.1 Å². The lowest BCUT2D eigenvalue weighted by Crippen LogP contribution is -2.43. The van der Waals surface area contributed by atoms with E-state index >= 15 is 0 Å². The Morgan fingerprint density at radius 1 is 1.33 bits per heavy atom. The Bertz CT molecular complexity index is 491. The maximum absolute atomic E-state index is 11.8. The van der Waals surface area contributed by atoms with Crippen LogP contribution in [0.3, 0.4) is 0 Å². The van der Waals surface area contributed by atoms with Crippen molar-refractivity contribution in [3.8, 4) is 0 Å². The normalized spacial score (nSPS) is 16.9. The molecule has 0 aromatic heterocycles. The van der Waals surface area contributed by atoms with E-state index in [1.807, 2.05) is 30.3 Å². The molecule has 5 nitrogen and oxygen atoms in total. The highest BCUT2D eigenvalue weighted by atomic mass is 32.2. The van der Waals surface area contributed by atoms with Gasteiger partial charge >= 0.3 is 6.03 Å². The molecule has 0 unspecified atom stereocenters. The molecule has 1 saturated carbocycles. The number of imide groups is 1. The van der Waals surface area contributed by atoms with Gasteiger partial charge < -0.3 is 10.4 Å². The number of nitrogens with one attached hydrogen (secondary N) is 2. The molecule has 2 rings (SSSR count). The van der Waals surface area contributed by atoms with Crippen molar-refractivity contribution in [2.75, 3.05) is 5.75 Å². The second-order valence-electron chi connectivity index (χ2n) is 5.14. The molecule has 2 atom stereocenters. The molecule has 0 radical (unpaired) electrons. The van der Waals surface area contributed by atoms with Gasteiger partial charge in [-0.2, -0.15) is 0 Å². The van der Waals surface area contributed by atoms with Crippen LogP contribution in [0.2, 0.25) is 0 Å². The van der Waals surface area contributed by atoms with E-state index in [0.29, 0.717) is 5.75 Å². The van der Waals surface area contributed by atoms with Gasteiger partial charge in [0.05, 0.1) is 11.4 Å². The topological polar surface area (TPSA) is 78.4 Å². The lowest BCUT2D eigenvalue weighted by Gasteiger charge is -2.15. The summed E-state index contributed by atoms with van der Waals surface area (Å²) in [5.74, 6) is 0.0708. The maximum Gasteiger partial charge on any atom is 0.321 e.